The number of rotatable bonds is 9. The van der Waals surface area contributed by atoms with Crippen molar-refractivity contribution in [2.75, 3.05) is 26.8 Å². The van der Waals surface area contributed by atoms with E-state index in [1.165, 1.54) is 15.9 Å². The molecule has 4 aromatic carbocycles. The zero-order valence-corrected chi connectivity index (χ0v) is 26.9. The molecule has 1 aliphatic heterocycles. The van der Waals surface area contributed by atoms with Crippen molar-refractivity contribution >= 4 is 51.2 Å². The summed E-state index contributed by atoms with van der Waals surface area (Å²) in [6.45, 7) is 3.03. The predicted octanol–water partition coefficient (Wildman–Crippen LogP) is 6.73. The molecule has 1 heterocycles. The average Bonchev–Trinajstić information content (AvgIpc) is 3.06. The largest absolute Gasteiger partial charge is 0.497 e. The highest BCUT2D eigenvalue weighted by Crippen LogP contribution is 2.59. The summed E-state index contributed by atoms with van der Waals surface area (Å²) >= 11 is 3.70. The van der Waals surface area contributed by atoms with Gasteiger partial charge in [0, 0.05) is 18.7 Å². The number of carbonyl (C=O) groups is 2. The first-order valence-corrected chi connectivity index (χ1v) is 17.3. The fourth-order valence-corrected chi connectivity index (χ4v) is 10.5. The zero-order valence-electron chi connectivity index (χ0n) is 24.4. The van der Waals surface area contributed by atoms with Gasteiger partial charge in [-0.3, -0.25) is 4.79 Å². The van der Waals surface area contributed by atoms with E-state index in [9.17, 15) is 9.59 Å². The maximum absolute atomic E-state index is 13.6. The number of likely N-dealkylation sites (tertiary alicyclic amines) is 1. The number of nitrogens with zero attached hydrogens (tertiary/aromatic N) is 1. The van der Waals surface area contributed by atoms with E-state index in [1.807, 2.05) is 30.3 Å². The van der Waals surface area contributed by atoms with Crippen LogP contribution in [0.1, 0.15) is 25.3 Å². The second kappa shape index (κ2) is 14.2. The molecule has 1 saturated heterocycles. The minimum atomic E-state index is -2.28. The van der Waals surface area contributed by atoms with Crippen molar-refractivity contribution in [1.82, 2.24) is 4.90 Å². The lowest BCUT2D eigenvalue weighted by Crippen LogP contribution is -2.41. The van der Waals surface area contributed by atoms with Gasteiger partial charge in [-0.05, 0) is 84.2 Å². The lowest BCUT2D eigenvalue weighted by molar-refractivity contribution is -0.140. The van der Waals surface area contributed by atoms with Crippen LogP contribution in [0.4, 0.5) is 4.79 Å². The Labute approximate surface area is 262 Å². The van der Waals surface area contributed by atoms with E-state index in [2.05, 4.69) is 88.7 Å². The molecule has 0 bridgehead atoms. The molecule has 5 rings (SSSR count). The van der Waals surface area contributed by atoms with Crippen LogP contribution in [0.3, 0.4) is 0 Å². The number of hydrogen-bond acceptors (Lipinski definition) is 5. The Morgan fingerprint density at radius 2 is 1.35 bits per heavy atom. The van der Waals surface area contributed by atoms with Gasteiger partial charge in [0.2, 0.25) is 0 Å². The first kappa shape index (κ1) is 30.8. The molecule has 43 heavy (non-hydrogen) atoms. The van der Waals surface area contributed by atoms with E-state index in [0.717, 1.165) is 5.56 Å². The molecule has 0 unspecified atom stereocenters. The lowest BCUT2D eigenvalue weighted by Gasteiger charge is -2.31. The SMILES string of the molecule is CCOC(=O)N1CCC(C(=O)Oc2c(Br)cc(OC)cc2C[P+](c2ccccc2)(c2ccccc2)c2ccccc2)CC1. The molecule has 8 heteroatoms. The predicted molar refractivity (Wildman–Crippen MR) is 176 cm³/mol. The molecule has 0 saturated carbocycles. The average molecular weight is 662 g/mol. The van der Waals surface area contributed by atoms with Crippen molar-refractivity contribution in [3.8, 4) is 11.5 Å². The summed E-state index contributed by atoms with van der Waals surface area (Å²) < 4.78 is 17.7. The summed E-state index contributed by atoms with van der Waals surface area (Å²) in [5.41, 5.74) is 0.883. The summed E-state index contributed by atoms with van der Waals surface area (Å²) in [7, 11) is -0.638. The van der Waals surface area contributed by atoms with Crippen LogP contribution in [0.15, 0.2) is 108 Å². The summed E-state index contributed by atoms with van der Waals surface area (Å²) in [6, 6.07) is 35.6. The van der Waals surface area contributed by atoms with Crippen LogP contribution < -0.4 is 25.4 Å². The third-order valence-electron chi connectivity index (χ3n) is 7.89. The van der Waals surface area contributed by atoms with Crippen LogP contribution in [0.2, 0.25) is 0 Å². The Morgan fingerprint density at radius 1 is 0.837 bits per heavy atom. The highest BCUT2D eigenvalue weighted by Gasteiger charge is 2.46. The Bertz CT molecular complexity index is 1430. The van der Waals surface area contributed by atoms with E-state index >= 15 is 0 Å². The smallest absolute Gasteiger partial charge is 0.409 e. The number of ether oxygens (including phenoxy) is 3. The number of hydrogen-bond donors (Lipinski definition) is 0. The van der Waals surface area contributed by atoms with Gasteiger partial charge in [0.25, 0.3) is 0 Å². The summed E-state index contributed by atoms with van der Waals surface area (Å²) in [4.78, 5) is 27.4. The van der Waals surface area contributed by atoms with Gasteiger partial charge in [-0.15, -0.1) is 0 Å². The number of halogens is 1. The van der Waals surface area contributed by atoms with Crippen molar-refractivity contribution in [3.63, 3.8) is 0 Å². The molecular weight excluding hydrogens is 625 g/mol. The van der Waals surface area contributed by atoms with Gasteiger partial charge in [-0.2, -0.15) is 0 Å². The van der Waals surface area contributed by atoms with Crippen LogP contribution in [0.25, 0.3) is 0 Å². The summed E-state index contributed by atoms with van der Waals surface area (Å²) in [5, 5.41) is 3.69. The molecule has 0 radical (unpaired) electrons. The number of carbonyl (C=O) groups excluding carboxylic acids is 2. The standard InChI is InChI=1S/C35H36BrNO5P/c1-3-41-35(39)37-21-19-26(20-22-37)34(38)42-33-27(23-28(40-2)24-32(33)36)25-43(29-13-7-4-8-14-29,30-15-9-5-10-16-30)31-17-11-6-12-18-31/h4-18,23-24,26H,3,19-22,25H2,1-2H3/q+1. The molecule has 1 fully saturated rings. The second-order valence-electron chi connectivity index (χ2n) is 10.5. The summed E-state index contributed by atoms with van der Waals surface area (Å²) in [5.74, 6) is 0.575. The summed E-state index contributed by atoms with van der Waals surface area (Å²) in [6.07, 6.45) is 1.33. The minimum absolute atomic E-state index is 0.293. The van der Waals surface area contributed by atoms with Crippen LogP contribution >= 0.6 is 23.2 Å². The van der Waals surface area contributed by atoms with E-state index in [0.29, 0.717) is 54.7 Å². The second-order valence-corrected chi connectivity index (χ2v) is 14.8. The van der Waals surface area contributed by atoms with Crippen molar-refractivity contribution in [3.05, 3.63) is 113 Å². The molecule has 0 atom stereocenters. The van der Waals surface area contributed by atoms with E-state index in [1.54, 1.807) is 18.9 Å². The number of amides is 1. The third kappa shape index (κ3) is 6.79. The van der Waals surface area contributed by atoms with Crippen molar-refractivity contribution in [2.45, 2.75) is 25.9 Å². The van der Waals surface area contributed by atoms with Gasteiger partial charge >= 0.3 is 12.1 Å². The fraction of sp³-hybridized carbons (Fsp3) is 0.257. The van der Waals surface area contributed by atoms with E-state index in [-0.39, 0.29) is 18.0 Å². The van der Waals surface area contributed by atoms with E-state index in [4.69, 9.17) is 14.2 Å². The molecule has 0 spiro atoms. The van der Waals surface area contributed by atoms with Gasteiger partial charge in [-0.1, -0.05) is 54.6 Å². The topological polar surface area (TPSA) is 65.1 Å². The van der Waals surface area contributed by atoms with Crippen LogP contribution in [-0.4, -0.2) is 43.8 Å². The molecule has 1 amide bonds. The molecule has 0 aliphatic carbocycles. The lowest BCUT2D eigenvalue weighted by atomic mass is 9.97. The third-order valence-corrected chi connectivity index (χ3v) is 12.8. The highest BCUT2D eigenvalue weighted by molar-refractivity contribution is 9.10. The Morgan fingerprint density at radius 3 is 1.81 bits per heavy atom. The van der Waals surface area contributed by atoms with Crippen molar-refractivity contribution < 1.29 is 23.8 Å². The number of esters is 1. The first-order chi connectivity index (χ1) is 21.0. The Kier molecular flexibility index (Phi) is 10.2. The quantitative estimate of drug-likeness (QED) is 0.113. The van der Waals surface area contributed by atoms with Crippen LogP contribution in [0.5, 0.6) is 11.5 Å². The molecule has 0 N–H and O–H groups in total. The number of benzene rings is 4. The minimum Gasteiger partial charge on any atom is -0.497 e. The molecule has 222 valence electrons. The molecule has 6 nitrogen and oxygen atoms in total. The van der Waals surface area contributed by atoms with Gasteiger partial charge < -0.3 is 19.1 Å². The normalized spacial score (nSPS) is 13.8. The van der Waals surface area contributed by atoms with E-state index < -0.39 is 7.26 Å². The maximum Gasteiger partial charge on any atom is 0.409 e. The molecule has 1 aliphatic rings. The van der Waals surface area contributed by atoms with Crippen molar-refractivity contribution in [2.24, 2.45) is 5.92 Å². The van der Waals surface area contributed by atoms with Crippen LogP contribution in [0, 0.1) is 5.92 Å². The molecule has 0 aromatic heterocycles. The number of methoxy groups -OCH3 is 1. The van der Waals surface area contributed by atoms with Crippen LogP contribution in [-0.2, 0) is 15.7 Å². The van der Waals surface area contributed by atoms with Gasteiger partial charge in [0.1, 0.15) is 35.1 Å². The molecule has 4 aromatic rings. The first-order valence-electron chi connectivity index (χ1n) is 14.5. The molecular formula is C35H36BrNO5P+. The van der Waals surface area contributed by atoms with Gasteiger partial charge in [-0.25, -0.2) is 4.79 Å². The monoisotopic (exact) mass is 660 g/mol. The maximum atomic E-state index is 13.6. The zero-order chi connectivity index (χ0) is 30.2. The Hall–Kier alpha value is -3.67. The fourth-order valence-electron chi connectivity index (χ4n) is 5.69. The van der Waals surface area contributed by atoms with Crippen molar-refractivity contribution in [1.29, 1.82) is 0 Å². The van der Waals surface area contributed by atoms with Gasteiger partial charge in [0.15, 0.2) is 5.75 Å². The highest BCUT2D eigenvalue weighted by atomic mass is 79.9. The number of piperidine rings is 1. The Balaban J connectivity index is 1.55. The van der Waals surface area contributed by atoms with Gasteiger partial charge in [0.05, 0.1) is 24.1 Å².